The SMILES string of the molecule is COc1ccc(-c2cc(N3CCCC(CNS(N)(=O)=O)C3)ncn2)cc1. The summed E-state index contributed by atoms with van der Waals surface area (Å²) in [5.74, 6) is 1.83. The number of piperidine rings is 1. The van der Waals surface area contributed by atoms with Gasteiger partial charge in [0.05, 0.1) is 12.8 Å². The lowest BCUT2D eigenvalue weighted by Gasteiger charge is -2.33. The monoisotopic (exact) mass is 377 g/mol. The molecule has 8 nitrogen and oxygen atoms in total. The second kappa shape index (κ2) is 7.98. The van der Waals surface area contributed by atoms with Crippen LogP contribution in [0.4, 0.5) is 5.82 Å². The number of nitrogens with one attached hydrogen (secondary N) is 1. The minimum Gasteiger partial charge on any atom is -0.497 e. The molecule has 0 bridgehead atoms. The number of nitrogens with zero attached hydrogens (tertiary/aromatic N) is 3. The molecule has 3 N–H and O–H groups in total. The molecule has 2 heterocycles. The van der Waals surface area contributed by atoms with Gasteiger partial charge in [0.2, 0.25) is 0 Å². The molecule has 3 rings (SSSR count). The van der Waals surface area contributed by atoms with Crippen molar-refractivity contribution in [2.75, 3.05) is 31.6 Å². The molecular weight excluding hydrogens is 354 g/mol. The smallest absolute Gasteiger partial charge is 0.274 e. The van der Waals surface area contributed by atoms with Gasteiger partial charge in [-0.2, -0.15) is 8.42 Å². The van der Waals surface area contributed by atoms with Crippen molar-refractivity contribution in [3.63, 3.8) is 0 Å². The van der Waals surface area contributed by atoms with Gasteiger partial charge in [-0.05, 0) is 43.0 Å². The van der Waals surface area contributed by atoms with E-state index >= 15 is 0 Å². The fourth-order valence-electron chi connectivity index (χ4n) is 3.11. The second-order valence-electron chi connectivity index (χ2n) is 6.34. The molecule has 0 saturated carbocycles. The molecule has 140 valence electrons. The Hall–Kier alpha value is -2.23. The van der Waals surface area contributed by atoms with Crippen LogP contribution in [0.1, 0.15) is 12.8 Å². The predicted octanol–water partition coefficient (Wildman–Crippen LogP) is 1.16. The Morgan fingerprint density at radius 1 is 1.31 bits per heavy atom. The standard InChI is InChI=1S/C17H23N5O3S/c1-25-15-6-4-14(5-7-15)16-9-17(20-12-19-16)22-8-2-3-13(11-22)10-21-26(18,23)24/h4-7,9,12-13,21H,2-3,8,10-11H2,1H3,(H2,18,23,24). The fourth-order valence-corrected chi connectivity index (χ4v) is 3.58. The van der Waals surface area contributed by atoms with Crippen LogP contribution in [-0.4, -0.2) is 45.1 Å². The molecule has 1 aliphatic rings. The minimum atomic E-state index is -3.66. The van der Waals surface area contributed by atoms with E-state index in [2.05, 4.69) is 19.6 Å². The van der Waals surface area contributed by atoms with Gasteiger partial charge in [-0.1, -0.05) is 0 Å². The number of ether oxygens (including phenoxy) is 1. The minimum absolute atomic E-state index is 0.196. The van der Waals surface area contributed by atoms with E-state index in [4.69, 9.17) is 9.88 Å². The summed E-state index contributed by atoms with van der Waals surface area (Å²) in [6.07, 6.45) is 3.48. The lowest BCUT2D eigenvalue weighted by Crippen LogP contribution is -2.42. The molecule has 1 aromatic carbocycles. The highest BCUT2D eigenvalue weighted by atomic mass is 32.2. The van der Waals surface area contributed by atoms with E-state index in [0.717, 1.165) is 48.8 Å². The van der Waals surface area contributed by atoms with Gasteiger partial charge < -0.3 is 9.64 Å². The molecule has 26 heavy (non-hydrogen) atoms. The third kappa shape index (κ3) is 4.90. The highest BCUT2D eigenvalue weighted by molar-refractivity contribution is 7.87. The van der Waals surface area contributed by atoms with Crippen LogP contribution in [0.2, 0.25) is 0 Å². The Labute approximate surface area is 153 Å². The molecule has 9 heteroatoms. The number of hydrogen-bond acceptors (Lipinski definition) is 6. The first-order valence-corrected chi connectivity index (χ1v) is 9.98. The van der Waals surface area contributed by atoms with Crippen LogP contribution in [0.15, 0.2) is 36.7 Å². The number of aromatic nitrogens is 2. The van der Waals surface area contributed by atoms with Crippen molar-refractivity contribution >= 4 is 16.0 Å². The maximum atomic E-state index is 11.1. The number of anilines is 1. The van der Waals surface area contributed by atoms with E-state index in [-0.39, 0.29) is 5.92 Å². The van der Waals surface area contributed by atoms with Crippen molar-refractivity contribution < 1.29 is 13.2 Å². The Balaban J connectivity index is 1.72. The maximum absolute atomic E-state index is 11.1. The summed E-state index contributed by atoms with van der Waals surface area (Å²) in [4.78, 5) is 10.9. The normalized spacial score (nSPS) is 17.9. The van der Waals surface area contributed by atoms with Crippen LogP contribution in [-0.2, 0) is 10.2 Å². The molecule has 2 aromatic rings. The van der Waals surface area contributed by atoms with Crippen LogP contribution in [0.3, 0.4) is 0 Å². The summed E-state index contributed by atoms with van der Waals surface area (Å²) in [7, 11) is -2.02. The first kappa shape index (κ1) is 18.6. The lowest BCUT2D eigenvalue weighted by molar-refractivity contribution is 0.409. The second-order valence-corrected chi connectivity index (χ2v) is 7.72. The fraction of sp³-hybridized carbons (Fsp3) is 0.412. The van der Waals surface area contributed by atoms with Crippen molar-refractivity contribution in [2.24, 2.45) is 11.1 Å². The molecule has 1 aliphatic heterocycles. The van der Waals surface area contributed by atoms with Crippen LogP contribution in [0, 0.1) is 5.92 Å². The average Bonchev–Trinajstić information content (AvgIpc) is 2.66. The Bertz CT molecular complexity index is 842. The molecule has 0 aliphatic carbocycles. The van der Waals surface area contributed by atoms with Crippen molar-refractivity contribution in [2.45, 2.75) is 12.8 Å². The molecule has 0 radical (unpaired) electrons. The average molecular weight is 377 g/mol. The van der Waals surface area contributed by atoms with Crippen molar-refractivity contribution in [1.29, 1.82) is 0 Å². The zero-order valence-corrected chi connectivity index (χ0v) is 15.4. The van der Waals surface area contributed by atoms with Crippen LogP contribution < -0.4 is 19.5 Å². The summed E-state index contributed by atoms with van der Waals surface area (Å²) < 4.78 is 29.8. The van der Waals surface area contributed by atoms with Crippen molar-refractivity contribution in [3.8, 4) is 17.0 Å². The van der Waals surface area contributed by atoms with Crippen LogP contribution >= 0.6 is 0 Å². The van der Waals surface area contributed by atoms with Crippen molar-refractivity contribution in [1.82, 2.24) is 14.7 Å². The Morgan fingerprint density at radius 3 is 2.77 bits per heavy atom. The van der Waals surface area contributed by atoms with Gasteiger partial charge in [0.25, 0.3) is 10.2 Å². The number of nitrogens with two attached hydrogens (primary N) is 1. The lowest BCUT2D eigenvalue weighted by atomic mass is 9.98. The van der Waals surface area contributed by atoms with E-state index in [1.807, 2.05) is 30.3 Å². The topological polar surface area (TPSA) is 110 Å². The molecule has 1 unspecified atom stereocenters. The largest absolute Gasteiger partial charge is 0.497 e. The first-order valence-electron chi connectivity index (χ1n) is 8.43. The van der Waals surface area contributed by atoms with Gasteiger partial charge in [0.15, 0.2) is 0 Å². The highest BCUT2D eigenvalue weighted by Crippen LogP contribution is 2.26. The van der Waals surface area contributed by atoms with Crippen LogP contribution in [0.25, 0.3) is 11.3 Å². The Morgan fingerprint density at radius 2 is 2.08 bits per heavy atom. The molecule has 1 aromatic heterocycles. The summed E-state index contributed by atoms with van der Waals surface area (Å²) in [5, 5.41) is 5.02. The summed E-state index contributed by atoms with van der Waals surface area (Å²) in [6, 6.07) is 9.66. The zero-order chi connectivity index (χ0) is 18.6. The van der Waals surface area contributed by atoms with Gasteiger partial charge in [-0.25, -0.2) is 19.8 Å². The van der Waals surface area contributed by atoms with E-state index in [0.29, 0.717) is 6.54 Å². The van der Waals surface area contributed by atoms with Gasteiger partial charge >= 0.3 is 0 Å². The third-order valence-corrected chi connectivity index (χ3v) is 5.02. The zero-order valence-electron chi connectivity index (χ0n) is 14.6. The number of rotatable bonds is 6. The van der Waals surface area contributed by atoms with E-state index < -0.39 is 10.2 Å². The van der Waals surface area contributed by atoms with E-state index in [1.54, 1.807) is 13.4 Å². The van der Waals surface area contributed by atoms with Gasteiger partial charge in [-0.3, -0.25) is 0 Å². The van der Waals surface area contributed by atoms with Gasteiger partial charge in [0.1, 0.15) is 17.9 Å². The number of benzene rings is 1. The number of hydrogen-bond donors (Lipinski definition) is 2. The predicted molar refractivity (Wildman–Crippen MR) is 100 cm³/mol. The summed E-state index contributed by atoms with van der Waals surface area (Å²) in [5.41, 5.74) is 1.82. The van der Waals surface area contributed by atoms with Gasteiger partial charge in [0, 0.05) is 31.3 Å². The molecule has 1 atom stereocenters. The summed E-state index contributed by atoms with van der Waals surface area (Å²) in [6.45, 7) is 1.94. The first-order chi connectivity index (χ1) is 12.4. The molecule has 1 fully saturated rings. The van der Waals surface area contributed by atoms with Crippen molar-refractivity contribution in [3.05, 3.63) is 36.7 Å². The molecule has 0 spiro atoms. The molecule has 0 amide bonds. The third-order valence-electron chi connectivity index (χ3n) is 4.45. The quantitative estimate of drug-likeness (QED) is 0.782. The molecule has 1 saturated heterocycles. The van der Waals surface area contributed by atoms with Crippen LogP contribution in [0.5, 0.6) is 5.75 Å². The summed E-state index contributed by atoms with van der Waals surface area (Å²) >= 11 is 0. The maximum Gasteiger partial charge on any atom is 0.274 e. The Kier molecular flexibility index (Phi) is 5.70. The number of methoxy groups -OCH3 is 1. The van der Waals surface area contributed by atoms with Gasteiger partial charge in [-0.15, -0.1) is 0 Å². The molecular formula is C17H23N5O3S. The van der Waals surface area contributed by atoms with E-state index in [1.165, 1.54) is 0 Å². The van der Waals surface area contributed by atoms with E-state index in [9.17, 15) is 8.42 Å². The highest BCUT2D eigenvalue weighted by Gasteiger charge is 2.22.